The molecular weight excluding hydrogens is 623 g/mol. The van der Waals surface area contributed by atoms with Crippen LogP contribution in [0.25, 0.3) is 74.7 Å². The van der Waals surface area contributed by atoms with Gasteiger partial charge in [0, 0.05) is 42.5 Å². The summed E-state index contributed by atoms with van der Waals surface area (Å²) in [4.78, 5) is 2.45. The Morgan fingerprint density at radius 3 is 1.66 bits per heavy atom. The van der Waals surface area contributed by atoms with Gasteiger partial charge >= 0.3 is 0 Å². The summed E-state index contributed by atoms with van der Waals surface area (Å²) >= 11 is 1.91. The molecule has 0 saturated heterocycles. The number of thiophene rings is 1. The minimum Gasteiger partial charge on any atom is -0.310 e. The van der Waals surface area contributed by atoms with E-state index in [1.165, 1.54) is 74.7 Å². The van der Waals surface area contributed by atoms with E-state index in [9.17, 15) is 0 Å². The molecule has 10 rings (SSSR count). The third-order valence-electron chi connectivity index (χ3n) is 10.0. The highest BCUT2D eigenvalue weighted by Crippen LogP contribution is 2.49. The van der Waals surface area contributed by atoms with Crippen LogP contribution in [-0.4, -0.2) is 0 Å². The van der Waals surface area contributed by atoms with Crippen molar-refractivity contribution < 1.29 is 0 Å². The quantitative estimate of drug-likeness (QED) is 0.167. The van der Waals surface area contributed by atoms with Gasteiger partial charge in [-0.2, -0.15) is 0 Å². The number of nitrogens with zero attached hydrogens (tertiary/aromatic N) is 1. The first kappa shape index (κ1) is 28.8. The molecule has 0 fully saturated rings. The number of benzene rings is 9. The molecule has 0 saturated carbocycles. The van der Waals surface area contributed by atoms with E-state index in [0.29, 0.717) is 0 Å². The second-order valence-corrected chi connectivity index (χ2v) is 14.0. The van der Waals surface area contributed by atoms with Gasteiger partial charge in [0.25, 0.3) is 0 Å². The molecule has 0 aliphatic heterocycles. The summed E-state index contributed by atoms with van der Waals surface area (Å²) in [6.45, 7) is 0. The van der Waals surface area contributed by atoms with Crippen LogP contribution < -0.4 is 4.90 Å². The van der Waals surface area contributed by atoms with E-state index in [0.717, 1.165) is 17.1 Å². The molecule has 0 N–H and O–H groups in total. The maximum absolute atomic E-state index is 2.45. The average Bonchev–Trinajstić information content (AvgIpc) is 3.58. The zero-order valence-electron chi connectivity index (χ0n) is 27.3. The Labute approximate surface area is 294 Å². The van der Waals surface area contributed by atoms with E-state index in [1.54, 1.807) is 0 Å². The van der Waals surface area contributed by atoms with Gasteiger partial charge in [-0.1, -0.05) is 152 Å². The van der Waals surface area contributed by atoms with Crippen molar-refractivity contribution in [1.82, 2.24) is 0 Å². The summed E-state index contributed by atoms with van der Waals surface area (Å²) in [5.74, 6) is 0. The zero-order chi connectivity index (χ0) is 33.0. The fraction of sp³-hybridized carbons (Fsp3) is 0. The van der Waals surface area contributed by atoms with Gasteiger partial charge in [0.1, 0.15) is 0 Å². The van der Waals surface area contributed by atoms with Gasteiger partial charge < -0.3 is 4.90 Å². The SMILES string of the molecule is c1ccc(-c2ccc(N(c3ccc4ccccc4c3)c3cc4sc5c6ccccc6c6ccccc6c5c4cc3-c3ccccc3)cc2)cc1. The topological polar surface area (TPSA) is 3.24 Å². The van der Waals surface area contributed by atoms with E-state index < -0.39 is 0 Å². The molecule has 0 spiro atoms. The molecule has 0 radical (unpaired) electrons. The lowest BCUT2D eigenvalue weighted by molar-refractivity contribution is 1.30. The van der Waals surface area contributed by atoms with Crippen LogP contribution >= 0.6 is 11.3 Å². The predicted octanol–water partition coefficient (Wildman–Crippen LogP) is 14.3. The molecule has 10 aromatic rings. The molecule has 0 amide bonds. The van der Waals surface area contributed by atoms with E-state index in [2.05, 4.69) is 193 Å². The van der Waals surface area contributed by atoms with E-state index in [1.807, 2.05) is 11.3 Å². The van der Waals surface area contributed by atoms with Crippen molar-refractivity contribution in [3.8, 4) is 22.3 Å². The van der Waals surface area contributed by atoms with E-state index in [4.69, 9.17) is 0 Å². The van der Waals surface area contributed by atoms with Crippen LogP contribution in [-0.2, 0) is 0 Å². The van der Waals surface area contributed by atoms with Crippen LogP contribution in [0.2, 0.25) is 0 Å². The van der Waals surface area contributed by atoms with Gasteiger partial charge in [0.2, 0.25) is 0 Å². The molecule has 50 heavy (non-hydrogen) atoms. The van der Waals surface area contributed by atoms with Gasteiger partial charge in [-0.05, 0) is 80.0 Å². The average molecular weight is 654 g/mol. The highest BCUT2D eigenvalue weighted by Gasteiger charge is 2.22. The summed E-state index contributed by atoms with van der Waals surface area (Å²) in [7, 11) is 0. The first-order chi connectivity index (χ1) is 24.8. The molecule has 1 nitrogen and oxygen atoms in total. The largest absolute Gasteiger partial charge is 0.310 e. The molecule has 1 aromatic heterocycles. The summed E-state index contributed by atoms with van der Waals surface area (Å²) in [6, 6.07) is 68.6. The molecule has 0 atom stereocenters. The molecule has 0 unspecified atom stereocenters. The lowest BCUT2D eigenvalue weighted by atomic mass is 9.94. The van der Waals surface area contributed by atoms with Crippen LogP contribution in [0, 0.1) is 0 Å². The highest BCUT2D eigenvalue weighted by molar-refractivity contribution is 7.27. The summed E-state index contributed by atoms with van der Waals surface area (Å²) in [5.41, 5.74) is 8.22. The van der Waals surface area contributed by atoms with Crippen LogP contribution in [0.3, 0.4) is 0 Å². The maximum atomic E-state index is 2.45. The third kappa shape index (κ3) is 4.69. The van der Waals surface area contributed by atoms with Crippen LogP contribution in [0.15, 0.2) is 188 Å². The highest BCUT2D eigenvalue weighted by atomic mass is 32.1. The molecule has 9 aromatic carbocycles. The van der Waals surface area contributed by atoms with Crippen molar-refractivity contribution in [2.75, 3.05) is 4.90 Å². The first-order valence-corrected chi connectivity index (χ1v) is 17.9. The smallest absolute Gasteiger partial charge is 0.0554 e. The van der Waals surface area contributed by atoms with Crippen molar-refractivity contribution in [3.63, 3.8) is 0 Å². The fourth-order valence-electron chi connectivity index (χ4n) is 7.65. The monoisotopic (exact) mass is 653 g/mol. The van der Waals surface area contributed by atoms with Crippen LogP contribution in [0.5, 0.6) is 0 Å². The Kier molecular flexibility index (Phi) is 6.75. The summed E-state index contributed by atoms with van der Waals surface area (Å²) < 4.78 is 2.62. The Morgan fingerprint density at radius 1 is 0.360 bits per heavy atom. The van der Waals surface area contributed by atoms with Crippen molar-refractivity contribution in [1.29, 1.82) is 0 Å². The number of hydrogen-bond acceptors (Lipinski definition) is 2. The normalized spacial score (nSPS) is 11.6. The van der Waals surface area contributed by atoms with E-state index in [-0.39, 0.29) is 0 Å². The molecule has 0 aliphatic rings. The number of anilines is 3. The number of fused-ring (bicyclic) bond motifs is 9. The first-order valence-electron chi connectivity index (χ1n) is 17.1. The molecular formula is C48H31NS. The lowest BCUT2D eigenvalue weighted by Crippen LogP contribution is -2.11. The molecule has 2 heteroatoms. The molecule has 1 heterocycles. The summed E-state index contributed by atoms with van der Waals surface area (Å²) in [5, 5.41) is 10.3. The Hall–Kier alpha value is -6.22. The number of hydrogen-bond donors (Lipinski definition) is 0. The minimum atomic E-state index is 1.12. The number of rotatable bonds is 5. The van der Waals surface area contributed by atoms with Gasteiger partial charge in [-0.25, -0.2) is 0 Å². The standard InChI is InChI=1S/C48H31NS/c1-3-13-32(14-4-1)34-23-26-37(27-24-34)49(38-28-25-33-15-7-8-18-36(33)29-38)45-31-46-44(30-43(45)35-16-5-2-6-17-35)47-41-21-11-9-19-39(41)40-20-10-12-22-42(40)48(47)50-46/h1-31H. The van der Waals surface area contributed by atoms with Crippen molar-refractivity contribution in [2.24, 2.45) is 0 Å². The molecule has 0 bridgehead atoms. The summed E-state index contributed by atoms with van der Waals surface area (Å²) in [6.07, 6.45) is 0. The molecule has 0 aliphatic carbocycles. The Bertz CT molecular complexity index is 2850. The van der Waals surface area contributed by atoms with Crippen LogP contribution in [0.1, 0.15) is 0 Å². The zero-order valence-corrected chi connectivity index (χ0v) is 28.1. The van der Waals surface area contributed by atoms with E-state index >= 15 is 0 Å². The lowest BCUT2D eigenvalue weighted by Gasteiger charge is -2.28. The van der Waals surface area contributed by atoms with Crippen LogP contribution in [0.4, 0.5) is 17.1 Å². The van der Waals surface area contributed by atoms with Gasteiger partial charge in [-0.15, -0.1) is 11.3 Å². The van der Waals surface area contributed by atoms with Gasteiger partial charge in [-0.3, -0.25) is 0 Å². The Balaban J connectivity index is 1.29. The second kappa shape index (κ2) is 11.7. The maximum Gasteiger partial charge on any atom is 0.0554 e. The third-order valence-corrected chi connectivity index (χ3v) is 11.2. The Morgan fingerprint density at radius 2 is 0.920 bits per heavy atom. The minimum absolute atomic E-state index is 1.12. The van der Waals surface area contributed by atoms with Gasteiger partial charge in [0.15, 0.2) is 0 Å². The van der Waals surface area contributed by atoms with Crippen molar-refractivity contribution in [3.05, 3.63) is 188 Å². The molecule has 234 valence electrons. The van der Waals surface area contributed by atoms with Crippen molar-refractivity contribution >= 4 is 80.9 Å². The van der Waals surface area contributed by atoms with Crippen molar-refractivity contribution in [2.45, 2.75) is 0 Å². The predicted molar refractivity (Wildman–Crippen MR) is 217 cm³/mol. The fourth-order valence-corrected chi connectivity index (χ4v) is 8.92. The van der Waals surface area contributed by atoms with Gasteiger partial charge in [0.05, 0.1) is 5.69 Å². The second-order valence-electron chi connectivity index (χ2n) is 12.9.